The lowest BCUT2D eigenvalue weighted by atomic mass is 9.93. The van der Waals surface area contributed by atoms with Crippen LogP contribution >= 0.6 is 0 Å². The molecule has 0 spiro atoms. The normalized spacial score (nSPS) is 22.5. The van der Waals surface area contributed by atoms with Crippen molar-refractivity contribution in [3.63, 3.8) is 0 Å². The molecule has 0 unspecified atom stereocenters. The van der Waals surface area contributed by atoms with E-state index in [1.54, 1.807) is 0 Å². The highest BCUT2D eigenvalue weighted by Crippen LogP contribution is 2.23. The second kappa shape index (κ2) is 6.70. The molecule has 0 atom stereocenters. The summed E-state index contributed by atoms with van der Waals surface area (Å²) in [5.74, 6) is 0.736. The molecule has 1 saturated carbocycles. The minimum absolute atomic E-state index is 0.0925. The van der Waals surface area contributed by atoms with Crippen molar-refractivity contribution >= 4 is 5.91 Å². The molecule has 1 aromatic rings. The second-order valence-electron chi connectivity index (χ2n) is 5.30. The lowest BCUT2D eigenvalue weighted by Gasteiger charge is -2.28. The molecule has 5 heteroatoms. The van der Waals surface area contributed by atoms with Crippen LogP contribution in [-0.4, -0.2) is 23.2 Å². The van der Waals surface area contributed by atoms with Gasteiger partial charge in [0.05, 0.1) is 18.4 Å². The molecule has 5 nitrogen and oxygen atoms in total. The zero-order valence-corrected chi connectivity index (χ0v) is 12.1. The Labute approximate surface area is 119 Å². The molecule has 1 aliphatic carbocycles. The van der Waals surface area contributed by atoms with Gasteiger partial charge in [-0.25, -0.2) is 0 Å². The molecule has 1 fully saturated rings. The maximum atomic E-state index is 11.2. The maximum absolute atomic E-state index is 11.2. The number of nitrogens with one attached hydrogen (secondary N) is 1. The van der Waals surface area contributed by atoms with E-state index in [-0.39, 0.29) is 18.1 Å². The lowest BCUT2D eigenvalue weighted by molar-refractivity contribution is -0.117. The fraction of sp³-hybridized carbons (Fsp3) is 0.600. The van der Waals surface area contributed by atoms with Crippen molar-refractivity contribution in [3.8, 4) is 0 Å². The van der Waals surface area contributed by atoms with Gasteiger partial charge < -0.3 is 14.6 Å². The highest BCUT2D eigenvalue weighted by Gasteiger charge is 2.23. The average Bonchev–Trinajstić information content (AvgIpc) is 2.77. The summed E-state index contributed by atoms with van der Waals surface area (Å²) in [6, 6.07) is 0.249. The van der Waals surface area contributed by atoms with Crippen molar-refractivity contribution in [1.29, 1.82) is 0 Å². The monoisotopic (exact) mass is 278 g/mol. The highest BCUT2D eigenvalue weighted by molar-refractivity contribution is 5.87. The molecular formula is C15H22N2O3. The first-order valence-electron chi connectivity index (χ1n) is 7.06. The summed E-state index contributed by atoms with van der Waals surface area (Å²) < 4.78 is 11.1. The van der Waals surface area contributed by atoms with Crippen LogP contribution in [0.2, 0.25) is 0 Å². The van der Waals surface area contributed by atoms with Gasteiger partial charge in [-0.2, -0.15) is 0 Å². The fourth-order valence-electron chi connectivity index (χ4n) is 2.54. The van der Waals surface area contributed by atoms with Crippen LogP contribution < -0.4 is 5.32 Å². The maximum Gasteiger partial charge on any atom is 0.243 e. The number of carbonyl (C=O) groups is 1. The molecule has 1 heterocycles. The second-order valence-corrected chi connectivity index (χ2v) is 5.30. The minimum Gasteiger partial charge on any atom is -0.373 e. The SMILES string of the molecule is C=CC(=O)NC1CCC(OCc2c(C)noc2C)CC1. The van der Waals surface area contributed by atoms with Crippen LogP contribution in [0.3, 0.4) is 0 Å². The molecule has 0 radical (unpaired) electrons. The number of ether oxygens (including phenoxy) is 1. The van der Waals surface area contributed by atoms with Gasteiger partial charge in [0.25, 0.3) is 0 Å². The van der Waals surface area contributed by atoms with Crippen molar-refractivity contribution in [3.05, 3.63) is 29.7 Å². The van der Waals surface area contributed by atoms with E-state index in [0.29, 0.717) is 6.61 Å². The molecule has 110 valence electrons. The van der Waals surface area contributed by atoms with E-state index < -0.39 is 0 Å². The predicted molar refractivity (Wildman–Crippen MR) is 75.1 cm³/mol. The van der Waals surface area contributed by atoms with E-state index >= 15 is 0 Å². The third kappa shape index (κ3) is 3.70. The van der Waals surface area contributed by atoms with Crippen molar-refractivity contribution in [2.75, 3.05) is 0 Å². The van der Waals surface area contributed by atoms with E-state index in [9.17, 15) is 4.79 Å². The van der Waals surface area contributed by atoms with Crippen LogP contribution in [0.5, 0.6) is 0 Å². The molecule has 0 saturated heterocycles. The van der Waals surface area contributed by atoms with Crippen molar-refractivity contribution in [1.82, 2.24) is 10.5 Å². The Morgan fingerprint density at radius 3 is 2.70 bits per heavy atom. The van der Waals surface area contributed by atoms with Crippen molar-refractivity contribution in [2.45, 2.75) is 58.3 Å². The van der Waals surface area contributed by atoms with E-state index in [1.165, 1.54) is 6.08 Å². The third-order valence-electron chi connectivity index (χ3n) is 3.85. The van der Waals surface area contributed by atoms with Crippen molar-refractivity contribution < 1.29 is 14.1 Å². The smallest absolute Gasteiger partial charge is 0.243 e. The van der Waals surface area contributed by atoms with Crippen LogP contribution in [-0.2, 0) is 16.1 Å². The summed E-state index contributed by atoms with van der Waals surface area (Å²) in [6.07, 6.45) is 5.40. The summed E-state index contributed by atoms with van der Waals surface area (Å²) in [7, 11) is 0. The Balaban J connectivity index is 1.75. The van der Waals surface area contributed by atoms with Crippen LogP contribution in [0.1, 0.15) is 42.7 Å². The van der Waals surface area contributed by atoms with E-state index in [0.717, 1.165) is 42.7 Å². The van der Waals surface area contributed by atoms with Gasteiger partial charge >= 0.3 is 0 Å². The quantitative estimate of drug-likeness (QED) is 0.840. The van der Waals surface area contributed by atoms with Crippen LogP contribution in [0.25, 0.3) is 0 Å². The van der Waals surface area contributed by atoms with Gasteiger partial charge in [0, 0.05) is 11.6 Å². The fourth-order valence-corrected chi connectivity index (χ4v) is 2.54. The summed E-state index contributed by atoms with van der Waals surface area (Å²) in [6.45, 7) is 7.85. The molecule has 1 amide bonds. The Kier molecular flexibility index (Phi) is 4.95. The number of aryl methyl sites for hydroxylation is 2. The highest BCUT2D eigenvalue weighted by atomic mass is 16.5. The standard InChI is InChI=1S/C15H22N2O3/c1-4-15(18)16-12-5-7-13(8-6-12)19-9-14-10(2)17-20-11(14)3/h4,12-13H,1,5-9H2,2-3H3,(H,16,18). The third-order valence-corrected chi connectivity index (χ3v) is 3.85. The summed E-state index contributed by atoms with van der Waals surface area (Å²) >= 11 is 0. The molecule has 0 aliphatic heterocycles. The van der Waals surface area contributed by atoms with Gasteiger partial charge in [-0.1, -0.05) is 11.7 Å². The molecule has 1 N–H and O–H groups in total. The van der Waals surface area contributed by atoms with Gasteiger partial charge in [-0.05, 0) is 45.6 Å². The number of nitrogens with zero attached hydrogens (tertiary/aromatic N) is 1. The predicted octanol–water partition coefficient (Wildman–Crippen LogP) is 2.42. The van der Waals surface area contributed by atoms with E-state index in [2.05, 4.69) is 17.1 Å². The lowest BCUT2D eigenvalue weighted by Crippen LogP contribution is -2.38. The van der Waals surface area contributed by atoms with Crippen LogP contribution in [0, 0.1) is 13.8 Å². The van der Waals surface area contributed by atoms with Gasteiger partial charge in [-0.3, -0.25) is 4.79 Å². The Hall–Kier alpha value is -1.62. The zero-order valence-electron chi connectivity index (χ0n) is 12.1. The molecule has 0 bridgehead atoms. The van der Waals surface area contributed by atoms with Gasteiger partial charge in [-0.15, -0.1) is 0 Å². The zero-order chi connectivity index (χ0) is 14.5. The van der Waals surface area contributed by atoms with Gasteiger partial charge in [0.15, 0.2) is 0 Å². The number of hydrogen-bond donors (Lipinski definition) is 1. The number of rotatable bonds is 5. The molecule has 1 aromatic heterocycles. The Morgan fingerprint density at radius 2 is 2.15 bits per heavy atom. The number of carbonyl (C=O) groups excluding carboxylic acids is 1. The first-order valence-corrected chi connectivity index (χ1v) is 7.06. The molecule has 2 rings (SSSR count). The van der Waals surface area contributed by atoms with Gasteiger partial charge in [0.2, 0.25) is 5.91 Å². The summed E-state index contributed by atoms with van der Waals surface area (Å²) in [5.41, 5.74) is 1.95. The van der Waals surface area contributed by atoms with Crippen LogP contribution in [0.4, 0.5) is 0 Å². The van der Waals surface area contributed by atoms with E-state index in [4.69, 9.17) is 9.26 Å². The number of amides is 1. The summed E-state index contributed by atoms with van der Waals surface area (Å²) in [4.78, 5) is 11.2. The number of hydrogen-bond acceptors (Lipinski definition) is 4. The Bertz CT molecular complexity index is 454. The molecule has 1 aliphatic rings. The molecular weight excluding hydrogens is 256 g/mol. The largest absolute Gasteiger partial charge is 0.373 e. The van der Waals surface area contributed by atoms with E-state index in [1.807, 2.05) is 13.8 Å². The van der Waals surface area contributed by atoms with Gasteiger partial charge in [0.1, 0.15) is 5.76 Å². The van der Waals surface area contributed by atoms with Crippen molar-refractivity contribution in [2.24, 2.45) is 0 Å². The first kappa shape index (κ1) is 14.8. The molecule has 20 heavy (non-hydrogen) atoms. The first-order chi connectivity index (χ1) is 9.60. The molecule has 0 aromatic carbocycles. The van der Waals surface area contributed by atoms with Crippen LogP contribution in [0.15, 0.2) is 17.2 Å². The summed E-state index contributed by atoms with van der Waals surface area (Å²) in [5, 5.41) is 6.86. The number of aromatic nitrogens is 1. The topological polar surface area (TPSA) is 64.4 Å². The Morgan fingerprint density at radius 1 is 1.45 bits per heavy atom. The minimum atomic E-state index is -0.0925. The average molecular weight is 278 g/mol.